The smallest absolute Gasteiger partial charge is 0.262 e. The van der Waals surface area contributed by atoms with Crippen LogP contribution < -0.4 is 15.5 Å². The highest BCUT2D eigenvalue weighted by molar-refractivity contribution is 5.99. The third-order valence-corrected chi connectivity index (χ3v) is 3.39. The van der Waals surface area contributed by atoms with Crippen molar-refractivity contribution < 1.29 is 9.53 Å². The highest BCUT2D eigenvalue weighted by Crippen LogP contribution is 2.15. The molecule has 23 heavy (non-hydrogen) atoms. The number of ether oxygens (including phenoxy) is 1. The molecule has 0 radical (unpaired) electrons. The van der Waals surface area contributed by atoms with Gasteiger partial charge in [0.05, 0.1) is 12.8 Å². The van der Waals surface area contributed by atoms with E-state index in [0.29, 0.717) is 0 Å². The predicted octanol–water partition coefficient (Wildman–Crippen LogP) is 3.04. The van der Waals surface area contributed by atoms with Crippen molar-refractivity contribution in [2.45, 2.75) is 19.9 Å². The molecule has 1 atom stereocenters. The summed E-state index contributed by atoms with van der Waals surface area (Å²) in [5.41, 5.74) is 5.17. The third-order valence-electron chi connectivity index (χ3n) is 3.39. The van der Waals surface area contributed by atoms with E-state index >= 15 is 0 Å². The second kappa shape index (κ2) is 7.98. The fourth-order valence-corrected chi connectivity index (χ4v) is 1.98. The van der Waals surface area contributed by atoms with Gasteiger partial charge in [0.2, 0.25) is 0 Å². The number of benzene rings is 2. The molecule has 1 unspecified atom stereocenters. The van der Waals surface area contributed by atoms with Crippen LogP contribution in [0.1, 0.15) is 19.4 Å². The average molecular weight is 311 g/mol. The molecule has 0 saturated heterocycles. The minimum Gasteiger partial charge on any atom is -0.497 e. The van der Waals surface area contributed by atoms with E-state index < -0.39 is 6.04 Å². The standard InChI is InChI=1S/C18H21N3O2/c1-13(15-7-5-4-6-8-15)20-21-18(22)14(2)19-16-9-11-17(23-3)12-10-16/h4-12,14,19H,1-3H3,(H,21,22)/b20-13+. The van der Waals surface area contributed by atoms with E-state index in [4.69, 9.17) is 4.74 Å². The number of hydrazone groups is 1. The Hall–Kier alpha value is -2.82. The molecular formula is C18H21N3O2. The van der Waals surface area contributed by atoms with Crippen molar-refractivity contribution in [2.75, 3.05) is 12.4 Å². The van der Waals surface area contributed by atoms with Gasteiger partial charge in [0, 0.05) is 5.69 Å². The molecule has 0 aromatic heterocycles. The summed E-state index contributed by atoms with van der Waals surface area (Å²) in [5, 5.41) is 7.26. The fourth-order valence-electron chi connectivity index (χ4n) is 1.98. The molecule has 1 amide bonds. The number of carbonyl (C=O) groups excluding carboxylic acids is 1. The van der Waals surface area contributed by atoms with Gasteiger partial charge in [-0.2, -0.15) is 5.10 Å². The molecule has 5 heteroatoms. The van der Waals surface area contributed by atoms with Crippen LogP contribution in [0, 0.1) is 0 Å². The van der Waals surface area contributed by atoms with E-state index in [-0.39, 0.29) is 5.91 Å². The van der Waals surface area contributed by atoms with Gasteiger partial charge in [0.1, 0.15) is 11.8 Å². The van der Waals surface area contributed by atoms with Gasteiger partial charge in [-0.1, -0.05) is 30.3 Å². The van der Waals surface area contributed by atoms with Crippen molar-refractivity contribution in [3.05, 3.63) is 60.2 Å². The monoisotopic (exact) mass is 311 g/mol. The summed E-state index contributed by atoms with van der Waals surface area (Å²) in [7, 11) is 1.62. The zero-order valence-electron chi connectivity index (χ0n) is 13.5. The lowest BCUT2D eigenvalue weighted by atomic mass is 10.1. The Bertz CT molecular complexity index is 666. The Morgan fingerprint density at radius 1 is 1.09 bits per heavy atom. The summed E-state index contributed by atoms with van der Waals surface area (Å²) < 4.78 is 5.10. The van der Waals surface area contributed by atoms with Crippen LogP contribution in [0.3, 0.4) is 0 Å². The van der Waals surface area contributed by atoms with Crippen LogP contribution in [-0.2, 0) is 4.79 Å². The molecule has 2 aromatic carbocycles. The fraction of sp³-hybridized carbons (Fsp3) is 0.222. The summed E-state index contributed by atoms with van der Waals surface area (Å²) in [6.45, 7) is 3.64. The van der Waals surface area contributed by atoms with E-state index in [9.17, 15) is 4.79 Å². The normalized spacial score (nSPS) is 12.4. The molecule has 2 rings (SSSR count). The highest BCUT2D eigenvalue weighted by atomic mass is 16.5. The van der Waals surface area contributed by atoms with E-state index in [1.54, 1.807) is 14.0 Å². The Morgan fingerprint density at radius 2 is 1.74 bits per heavy atom. The van der Waals surface area contributed by atoms with Gasteiger partial charge in [0.25, 0.3) is 5.91 Å². The molecule has 0 aliphatic rings. The lowest BCUT2D eigenvalue weighted by molar-refractivity contribution is -0.121. The Balaban J connectivity index is 1.91. The molecule has 5 nitrogen and oxygen atoms in total. The second-order valence-corrected chi connectivity index (χ2v) is 5.13. The van der Waals surface area contributed by atoms with Crippen LogP contribution in [0.2, 0.25) is 0 Å². The van der Waals surface area contributed by atoms with E-state index in [1.165, 1.54) is 0 Å². The van der Waals surface area contributed by atoms with E-state index in [2.05, 4.69) is 15.8 Å². The molecule has 0 spiro atoms. The first-order valence-electron chi connectivity index (χ1n) is 7.40. The minimum absolute atomic E-state index is 0.198. The van der Waals surface area contributed by atoms with E-state index in [1.807, 2.05) is 61.5 Å². The summed E-state index contributed by atoms with van der Waals surface area (Å²) in [4.78, 5) is 12.1. The van der Waals surface area contributed by atoms with Crippen LogP contribution in [0.25, 0.3) is 0 Å². The maximum Gasteiger partial charge on any atom is 0.262 e. The molecule has 0 aliphatic carbocycles. The second-order valence-electron chi connectivity index (χ2n) is 5.13. The quantitative estimate of drug-likeness (QED) is 0.637. The number of hydrogen-bond acceptors (Lipinski definition) is 4. The molecule has 0 bridgehead atoms. The largest absolute Gasteiger partial charge is 0.497 e. The maximum atomic E-state index is 12.1. The molecule has 2 N–H and O–H groups in total. The van der Waals surface area contributed by atoms with Crippen LogP contribution in [-0.4, -0.2) is 24.8 Å². The van der Waals surface area contributed by atoms with Gasteiger partial charge in [0.15, 0.2) is 0 Å². The summed E-state index contributed by atoms with van der Waals surface area (Å²) in [6.07, 6.45) is 0. The molecule has 0 saturated carbocycles. The Labute approximate surface area is 136 Å². The summed E-state index contributed by atoms with van der Waals surface area (Å²) in [6, 6.07) is 16.7. The molecule has 120 valence electrons. The minimum atomic E-state index is -0.407. The first-order chi connectivity index (χ1) is 11.1. The zero-order valence-corrected chi connectivity index (χ0v) is 13.5. The van der Waals surface area contributed by atoms with Crippen molar-refractivity contribution in [2.24, 2.45) is 5.10 Å². The topological polar surface area (TPSA) is 62.7 Å². The van der Waals surface area contributed by atoms with Crippen molar-refractivity contribution in [1.82, 2.24) is 5.43 Å². The number of carbonyl (C=O) groups is 1. The molecule has 0 aliphatic heterocycles. The van der Waals surface area contributed by atoms with Gasteiger partial charge in [-0.15, -0.1) is 0 Å². The van der Waals surface area contributed by atoms with Gasteiger partial charge in [-0.3, -0.25) is 4.79 Å². The van der Waals surface area contributed by atoms with Gasteiger partial charge >= 0.3 is 0 Å². The number of amides is 1. The maximum absolute atomic E-state index is 12.1. The highest BCUT2D eigenvalue weighted by Gasteiger charge is 2.12. The average Bonchev–Trinajstić information content (AvgIpc) is 2.60. The van der Waals surface area contributed by atoms with Crippen molar-refractivity contribution in [3.8, 4) is 5.75 Å². The van der Waals surface area contributed by atoms with Gasteiger partial charge in [-0.25, -0.2) is 5.43 Å². The number of methoxy groups -OCH3 is 1. The van der Waals surface area contributed by atoms with Gasteiger partial charge < -0.3 is 10.1 Å². The zero-order chi connectivity index (χ0) is 16.7. The van der Waals surface area contributed by atoms with Crippen molar-refractivity contribution >= 4 is 17.3 Å². The number of nitrogens with zero attached hydrogens (tertiary/aromatic N) is 1. The lowest BCUT2D eigenvalue weighted by Gasteiger charge is -2.14. The van der Waals surface area contributed by atoms with Crippen LogP contribution in [0.4, 0.5) is 5.69 Å². The molecular weight excluding hydrogens is 290 g/mol. The van der Waals surface area contributed by atoms with E-state index in [0.717, 1.165) is 22.7 Å². The van der Waals surface area contributed by atoms with Crippen molar-refractivity contribution in [3.63, 3.8) is 0 Å². The van der Waals surface area contributed by atoms with Crippen LogP contribution in [0.15, 0.2) is 59.7 Å². The number of nitrogens with one attached hydrogen (secondary N) is 2. The number of rotatable bonds is 6. The first-order valence-corrected chi connectivity index (χ1v) is 7.40. The number of hydrogen-bond donors (Lipinski definition) is 2. The molecule has 0 heterocycles. The summed E-state index contributed by atoms with van der Waals surface area (Å²) >= 11 is 0. The van der Waals surface area contributed by atoms with Crippen LogP contribution in [0.5, 0.6) is 5.75 Å². The van der Waals surface area contributed by atoms with Gasteiger partial charge in [-0.05, 0) is 43.7 Å². The van der Waals surface area contributed by atoms with Crippen LogP contribution >= 0.6 is 0 Å². The Kier molecular flexibility index (Phi) is 5.74. The SMILES string of the molecule is COc1ccc(NC(C)C(=O)N/N=C(\C)c2ccccc2)cc1. The summed E-state index contributed by atoms with van der Waals surface area (Å²) in [5.74, 6) is 0.576. The molecule has 2 aromatic rings. The molecule has 0 fully saturated rings. The first kappa shape index (κ1) is 16.5. The lowest BCUT2D eigenvalue weighted by Crippen LogP contribution is -2.35. The third kappa shape index (κ3) is 4.85. The number of anilines is 1. The van der Waals surface area contributed by atoms with Crippen molar-refractivity contribution in [1.29, 1.82) is 0 Å². The Morgan fingerprint density at radius 3 is 2.35 bits per heavy atom. The predicted molar refractivity (Wildman–Crippen MR) is 92.9 cm³/mol.